The molecule has 1 saturated heterocycles. The third-order valence-electron chi connectivity index (χ3n) is 5.20. The van der Waals surface area contributed by atoms with Gasteiger partial charge in [0.25, 0.3) is 5.91 Å². The van der Waals surface area contributed by atoms with Crippen molar-refractivity contribution in [3.63, 3.8) is 0 Å². The minimum atomic E-state index is -0.167. The molecule has 0 spiro atoms. The van der Waals surface area contributed by atoms with Gasteiger partial charge in [0.15, 0.2) is 11.5 Å². The van der Waals surface area contributed by atoms with E-state index in [4.69, 9.17) is 4.98 Å². The van der Waals surface area contributed by atoms with Crippen LogP contribution in [0.4, 0.5) is 5.82 Å². The minimum absolute atomic E-state index is 0.167. The van der Waals surface area contributed by atoms with Gasteiger partial charge in [-0.15, -0.1) is 0 Å². The highest BCUT2D eigenvalue weighted by Gasteiger charge is 2.19. The number of aryl methyl sites for hydroxylation is 1. The van der Waals surface area contributed by atoms with Crippen molar-refractivity contribution in [1.82, 2.24) is 19.9 Å². The molecule has 152 valence electrons. The quantitative estimate of drug-likeness (QED) is 0.697. The van der Waals surface area contributed by atoms with E-state index in [9.17, 15) is 4.79 Å². The van der Waals surface area contributed by atoms with Crippen LogP contribution in [-0.2, 0) is 6.54 Å². The number of amides is 1. The van der Waals surface area contributed by atoms with Crippen LogP contribution in [0.5, 0.6) is 0 Å². The number of hydrogen-bond donors (Lipinski definition) is 1. The zero-order chi connectivity index (χ0) is 20.4. The van der Waals surface area contributed by atoms with Gasteiger partial charge in [0, 0.05) is 37.2 Å². The highest BCUT2D eigenvalue weighted by atomic mass is 32.2. The van der Waals surface area contributed by atoms with Gasteiger partial charge in [0.1, 0.15) is 5.52 Å². The van der Waals surface area contributed by atoms with Crippen molar-refractivity contribution in [2.24, 2.45) is 0 Å². The average Bonchev–Trinajstić information content (AvgIpc) is 3.16. The molecule has 0 atom stereocenters. The Bertz CT molecular complexity index is 1010. The van der Waals surface area contributed by atoms with E-state index < -0.39 is 0 Å². The summed E-state index contributed by atoms with van der Waals surface area (Å²) in [4.78, 5) is 19.7. The van der Waals surface area contributed by atoms with Crippen molar-refractivity contribution < 1.29 is 4.79 Å². The molecule has 0 unspecified atom stereocenters. The summed E-state index contributed by atoms with van der Waals surface area (Å²) < 4.78 is 1.78. The molecule has 0 saturated carbocycles. The zero-order valence-electron chi connectivity index (χ0n) is 17.2. The minimum Gasteiger partial charge on any atom is -0.353 e. The zero-order valence-corrected chi connectivity index (χ0v) is 18.0. The number of anilines is 1. The van der Waals surface area contributed by atoms with Gasteiger partial charge in [-0.2, -0.15) is 16.9 Å². The lowest BCUT2D eigenvalue weighted by atomic mass is 10.0. The lowest BCUT2D eigenvalue weighted by Crippen LogP contribution is -2.33. The first-order valence-corrected chi connectivity index (χ1v) is 11.2. The Balaban J connectivity index is 1.52. The number of carbonyl (C=O) groups is 1. The second-order valence-corrected chi connectivity index (χ2v) is 8.97. The summed E-state index contributed by atoms with van der Waals surface area (Å²) in [6, 6.07) is 10.2. The summed E-state index contributed by atoms with van der Waals surface area (Å²) in [6.07, 6.45) is 1.87. The molecular formula is C22H27N5OS. The molecule has 0 aliphatic carbocycles. The molecule has 2 aromatic heterocycles. The number of nitrogens with zero attached hydrogens (tertiary/aromatic N) is 4. The van der Waals surface area contributed by atoms with Crippen LogP contribution in [0.25, 0.3) is 5.52 Å². The average molecular weight is 410 g/mol. The summed E-state index contributed by atoms with van der Waals surface area (Å²) in [5, 5.41) is 7.50. The number of rotatable bonds is 5. The van der Waals surface area contributed by atoms with E-state index >= 15 is 0 Å². The third-order valence-corrected chi connectivity index (χ3v) is 6.14. The van der Waals surface area contributed by atoms with Crippen molar-refractivity contribution in [3.05, 3.63) is 59.0 Å². The molecule has 1 aliphatic rings. The van der Waals surface area contributed by atoms with Gasteiger partial charge in [-0.1, -0.05) is 38.1 Å². The number of benzene rings is 1. The lowest BCUT2D eigenvalue weighted by molar-refractivity contribution is 0.0945. The fraction of sp³-hybridized carbons (Fsp3) is 0.409. The Morgan fingerprint density at radius 3 is 2.62 bits per heavy atom. The van der Waals surface area contributed by atoms with E-state index in [1.165, 1.54) is 5.56 Å². The predicted molar refractivity (Wildman–Crippen MR) is 119 cm³/mol. The normalized spacial score (nSPS) is 14.6. The van der Waals surface area contributed by atoms with E-state index in [2.05, 4.69) is 53.4 Å². The van der Waals surface area contributed by atoms with E-state index in [1.54, 1.807) is 4.52 Å². The Labute approximate surface area is 175 Å². The topological polar surface area (TPSA) is 62.5 Å². The SMILES string of the molecule is Cc1cn2nc(C(=O)NCc3ccc(C(C)C)cc3)cc2c(N2CCSCC2)n1. The molecule has 1 amide bonds. The Morgan fingerprint density at radius 1 is 1.21 bits per heavy atom. The summed E-state index contributed by atoms with van der Waals surface area (Å²) >= 11 is 1.96. The molecule has 1 N–H and O–H groups in total. The van der Waals surface area contributed by atoms with Crippen molar-refractivity contribution in [1.29, 1.82) is 0 Å². The van der Waals surface area contributed by atoms with Gasteiger partial charge in [0.05, 0.1) is 11.9 Å². The number of thioether (sulfide) groups is 1. The molecule has 3 aromatic rings. The highest BCUT2D eigenvalue weighted by molar-refractivity contribution is 7.99. The van der Waals surface area contributed by atoms with Gasteiger partial charge in [-0.05, 0) is 24.0 Å². The predicted octanol–water partition coefficient (Wildman–Crippen LogP) is 3.64. The molecule has 3 heterocycles. The monoisotopic (exact) mass is 409 g/mol. The fourth-order valence-electron chi connectivity index (χ4n) is 3.50. The number of fused-ring (bicyclic) bond motifs is 1. The first-order chi connectivity index (χ1) is 14.0. The van der Waals surface area contributed by atoms with Crippen LogP contribution in [0.1, 0.15) is 47.1 Å². The smallest absolute Gasteiger partial charge is 0.272 e. The molecular weight excluding hydrogens is 382 g/mol. The molecule has 1 aromatic carbocycles. The molecule has 0 radical (unpaired) electrons. The molecule has 7 heteroatoms. The van der Waals surface area contributed by atoms with Crippen molar-refractivity contribution in [3.8, 4) is 0 Å². The Kier molecular flexibility index (Phi) is 5.76. The summed E-state index contributed by atoms with van der Waals surface area (Å²) in [7, 11) is 0. The first-order valence-electron chi connectivity index (χ1n) is 10.1. The van der Waals surface area contributed by atoms with Gasteiger partial charge in [-0.25, -0.2) is 9.50 Å². The number of hydrogen-bond acceptors (Lipinski definition) is 5. The van der Waals surface area contributed by atoms with Gasteiger partial charge in [0.2, 0.25) is 0 Å². The van der Waals surface area contributed by atoms with Crippen molar-refractivity contribution >= 4 is 29.0 Å². The number of nitrogens with one attached hydrogen (secondary N) is 1. The van der Waals surface area contributed by atoms with Crippen LogP contribution < -0.4 is 10.2 Å². The highest BCUT2D eigenvalue weighted by Crippen LogP contribution is 2.24. The maximum absolute atomic E-state index is 12.7. The van der Waals surface area contributed by atoms with Gasteiger partial charge >= 0.3 is 0 Å². The summed E-state index contributed by atoms with van der Waals surface area (Å²) in [6.45, 7) is 8.73. The standard InChI is InChI=1S/C22H27N5OS/c1-15(2)18-6-4-17(5-7-18)13-23-22(28)19-12-20-21(26-8-10-29-11-9-26)24-16(3)14-27(20)25-19/h4-7,12,14-15H,8-11,13H2,1-3H3,(H,23,28). The summed E-state index contributed by atoms with van der Waals surface area (Å²) in [5.74, 6) is 3.44. The second-order valence-electron chi connectivity index (χ2n) is 7.74. The van der Waals surface area contributed by atoms with Crippen LogP contribution >= 0.6 is 11.8 Å². The van der Waals surface area contributed by atoms with E-state index in [0.29, 0.717) is 18.2 Å². The fourth-order valence-corrected chi connectivity index (χ4v) is 4.41. The lowest BCUT2D eigenvalue weighted by Gasteiger charge is -2.28. The Hall–Kier alpha value is -2.54. The van der Waals surface area contributed by atoms with Crippen LogP contribution in [-0.4, -0.2) is 45.1 Å². The molecule has 0 bridgehead atoms. The molecule has 29 heavy (non-hydrogen) atoms. The molecule has 1 fully saturated rings. The maximum atomic E-state index is 12.7. The number of aromatic nitrogens is 3. The van der Waals surface area contributed by atoms with E-state index in [-0.39, 0.29) is 5.91 Å². The van der Waals surface area contributed by atoms with Crippen molar-refractivity contribution in [2.75, 3.05) is 29.5 Å². The van der Waals surface area contributed by atoms with Gasteiger partial charge < -0.3 is 10.2 Å². The van der Waals surface area contributed by atoms with Crippen LogP contribution in [0, 0.1) is 6.92 Å². The third kappa shape index (κ3) is 4.40. The van der Waals surface area contributed by atoms with Crippen molar-refractivity contribution in [2.45, 2.75) is 33.2 Å². The molecule has 6 nitrogen and oxygen atoms in total. The van der Waals surface area contributed by atoms with Crippen LogP contribution in [0.3, 0.4) is 0 Å². The first kappa shape index (κ1) is 19.8. The van der Waals surface area contributed by atoms with Crippen LogP contribution in [0.2, 0.25) is 0 Å². The Morgan fingerprint density at radius 2 is 1.93 bits per heavy atom. The summed E-state index contributed by atoms with van der Waals surface area (Å²) in [5.41, 5.74) is 4.58. The number of carbonyl (C=O) groups excluding carboxylic acids is 1. The molecule has 1 aliphatic heterocycles. The second kappa shape index (κ2) is 8.45. The van der Waals surface area contributed by atoms with Gasteiger partial charge in [-0.3, -0.25) is 4.79 Å². The van der Waals surface area contributed by atoms with E-state index in [1.807, 2.05) is 30.9 Å². The van der Waals surface area contributed by atoms with Crippen LogP contribution in [0.15, 0.2) is 36.5 Å². The van der Waals surface area contributed by atoms with E-state index in [0.717, 1.165) is 47.2 Å². The largest absolute Gasteiger partial charge is 0.353 e. The maximum Gasteiger partial charge on any atom is 0.272 e. The molecule has 4 rings (SSSR count).